The molecule has 0 aliphatic heterocycles. The minimum absolute atomic E-state index is 0.533. The molecule has 1 unspecified atom stereocenters. The summed E-state index contributed by atoms with van der Waals surface area (Å²) in [6, 6.07) is 26.5. The summed E-state index contributed by atoms with van der Waals surface area (Å²) in [5.74, 6) is 0.533. The number of rotatable bonds is 2. The van der Waals surface area contributed by atoms with Gasteiger partial charge in [-0.15, -0.1) is 0 Å². The van der Waals surface area contributed by atoms with Gasteiger partial charge in [-0.1, -0.05) is 99.5 Å². The monoisotopic (exact) mass is 516 g/mol. The Bertz CT molecular complexity index is 1190. The molecule has 0 saturated heterocycles. The van der Waals surface area contributed by atoms with Gasteiger partial charge in [-0.2, -0.15) is 0 Å². The number of halogens is 2. The molecule has 2 aliphatic carbocycles. The average molecular weight is 518 g/mol. The first-order valence-corrected chi connectivity index (χ1v) is 11.9. The van der Waals surface area contributed by atoms with Crippen molar-refractivity contribution in [1.82, 2.24) is 0 Å². The molecule has 0 aromatic heterocycles. The van der Waals surface area contributed by atoms with E-state index in [0.29, 0.717) is 5.92 Å². The van der Waals surface area contributed by atoms with Gasteiger partial charge in [0.05, 0.1) is 0 Å². The van der Waals surface area contributed by atoms with E-state index < -0.39 is 0 Å². The first-order valence-electron chi connectivity index (χ1n) is 10.3. The highest BCUT2D eigenvalue weighted by molar-refractivity contribution is 9.10. The topological polar surface area (TPSA) is 0 Å². The highest BCUT2D eigenvalue weighted by Crippen LogP contribution is 2.45. The molecular formula is C28H22Br2. The van der Waals surface area contributed by atoms with E-state index in [0.717, 1.165) is 21.8 Å². The molecule has 5 rings (SSSR count). The van der Waals surface area contributed by atoms with Crippen molar-refractivity contribution < 1.29 is 0 Å². The quantitative estimate of drug-likeness (QED) is 0.319. The second-order valence-corrected chi connectivity index (χ2v) is 9.97. The lowest BCUT2D eigenvalue weighted by molar-refractivity contribution is 0.711. The van der Waals surface area contributed by atoms with Crippen molar-refractivity contribution in [3.63, 3.8) is 0 Å². The van der Waals surface area contributed by atoms with Crippen molar-refractivity contribution in [1.29, 1.82) is 0 Å². The lowest BCUT2D eigenvalue weighted by Gasteiger charge is -2.24. The second-order valence-electron chi connectivity index (χ2n) is 8.13. The zero-order valence-electron chi connectivity index (χ0n) is 16.8. The van der Waals surface area contributed by atoms with Gasteiger partial charge in [0.15, 0.2) is 0 Å². The Morgan fingerprint density at radius 1 is 0.733 bits per heavy atom. The van der Waals surface area contributed by atoms with E-state index >= 15 is 0 Å². The van der Waals surface area contributed by atoms with Gasteiger partial charge >= 0.3 is 0 Å². The number of benzene rings is 3. The first-order chi connectivity index (χ1) is 14.6. The molecule has 0 N–H and O–H groups in total. The molecule has 30 heavy (non-hydrogen) atoms. The summed E-state index contributed by atoms with van der Waals surface area (Å²) < 4.78 is 2.23. The zero-order valence-corrected chi connectivity index (χ0v) is 20.0. The van der Waals surface area contributed by atoms with Gasteiger partial charge in [-0.3, -0.25) is 0 Å². The molecule has 2 aliphatic rings. The van der Waals surface area contributed by atoms with Gasteiger partial charge in [0.25, 0.3) is 0 Å². The van der Waals surface area contributed by atoms with Gasteiger partial charge in [-0.25, -0.2) is 0 Å². The Balaban J connectivity index is 1.84. The van der Waals surface area contributed by atoms with Crippen LogP contribution >= 0.6 is 31.9 Å². The van der Waals surface area contributed by atoms with Crippen molar-refractivity contribution in [3.8, 4) is 0 Å². The summed E-state index contributed by atoms with van der Waals surface area (Å²) in [7, 11) is 0. The van der Waals surface area contributed by atoms with Crippen LogP contribution in [0.3, 0.4) is 0 Å². The van der Waals surface area contributed by atoms with E-state index in [4.69, 9.17) is 0 Å². The normalized spacial score (nSPS) is 18.2. The Labute approximate surface area is 195 Å². The van der Waals surface area contributed by atoms with Crippen molar-refractivity contribution >= 4 is 43.0 Å². The van der Waals surface area contributed by atoms with Crippen LogP contribution in [0.15, 0.2) is 105 Å². The zero-order chi connectivity index (χ0) is 20.7. The summed E-state index contributed by atoms with van der Waals surface area (Å²) in [6.07, 6.45) is 6.74. The van der Waals surface area contributed by atoms with Crippen LogP contribution in [0.4, 0.5) is 0 Å². The molecule has 0 nitrogen and oxygen atoms in total. The average Bonchev–Trinajstić information content (AvgIpc) is 2.89. The van der Waals surface area contributed by atoms with Crippen LogP contribution in [0.1, 0.15) is 35.6 Å². The number of hydrogen-bond acceptors (Lipinski definition) is 0. The van der Waals surface area contributed by atoms with Crippen LogP contribution in [-0.2, 0) is 6.42 Å². The number of hydrogen-bond donors (Lipinski definition) is 0. The maximum Gasteiger partial charge on any atom is 0.0175 e. The summed E-state index contributed by atoms with van der Waals surface area (Å²) in [5.41, 5.74) is 11.0. The van der Waals surface area contributed by atoms with E-state index in [1.54, 1.807) is 0 Å². The molecule has 1 atom stereocenters. The number of fused-ring (bicyclic) bond motifs is 2. The predicted octanol–water partition coefficient (Wildman–Crippen LogP) is 8.62. The van der Waals surface area contributed by atoms with E-state index in [1.165, 1.54) is 44.5 Å². The minimum atomic E-state index is 0.533. The van der Waals surface area contributed by atoms with E-state index in [1.807, 2.05) is 0 Å². The molecule has 0 bridgehead atoms. The van der Waals surface area contributed by atoms with Crippen LogP contribution in [0.5, 0.6) is 0 Å². The van der Waals surface area contributed by atoms with Crippen LogP contribution in [0, 0.1) is 5.92 Å². The van der Waals surface area contributed by atoms with Crippen molar-refractivity contribution in [2.75, 3.05) is 0 Å². The lowest BCUT2D eigenvalue weighted by Crippen LogP contribution is -2.06. The van der Waals surface area contributed by atoms with E-state index in [9.17, 15) is 0 Å². The van der Waals surface area contributed by atoms with Gasteiger partial charge in [0, 0.05) is 8.95 Å². The molecular weight excluding hydrogens is 496 g/mol. The summed E-state index contributed by atoms with van der Waals surface area (Å²) >= 11 is 7.19. The highest BCUT2D eigenvalue weighted by atomic mass is 79.9. The van der Waals surface area contributed by atoms with Crippen molar-refractivity contribution in [3.05, 3.63) is 127 Å². The third-order valence-corrected chi connectivity index (χ3v) is 7.11. The SMILES string of the molecule is CC1C=CC2=C(c3ccc(Br)cc3)Cc3ccccc3C(c3ccc(Br)cc3)=C2C1. The minimum Gasteiger partial charge on any atom is -0.0807 e. The molecule has 3 aromatic carbocycles. The molecule has 0 heterocycles. The fourth-order valence-corrected chi connectivity index (χ4v) is 5.13. The Kier molecular flexibility index (Phi) is 5.39. The molecule has 2 heteroatoms. The predicted molar refractivity (Wildman–Crippen MR) is 134 cm³/mol. The van der Waals surface area contributed by atoms with Crippen molar-refractivity contribution in [2.24, 2.45) is 5.92 Å². The Morgan fingerprint density at radius 3 is 2.07 bits per heavy atom. The molecule has 3 aromatic rings. The lowest BCUT2D eigenvalue weighted by atomic mass is 9.80. The van der Waals surface area contributed by atoms with Crippen LogP contribution < -0.4 is 0 Å². The van der Waals surface area contributed by atoms with Crippen LogP contribution in [0.25, 0.3) is 11.1 Å². The fraction of sp³-hybridized carbons (Fsp3) is 0.143. The van der Waals surface area contributed by atoms with Gasteiger partial charge in [0.1, 0.15) is 0 Å². The van der Waals surface area contributed by atoms with Crippen molar-refractivity contribution in [2.45, 2.75) is 19.8 Å². The van der Waals surface area contributed by atoms with Crippen LogP contribution in [0.2, 0.25) is 0 Å². The maximum absolute atomic E-state index is 3.60. The standard InChI is InChI=1S/C28H22Br2/c1-18-6-15-25-26(19-7-11-22(29)12-8-19)17-21-4-2-3-5-24(21)28(27(25)16-18)20-9-13-23(30)14-10-20/h2-15,18H,16-17H2,1H3. The van der Waals surface area contributed by atoms with Gasteiger partial charge in [-0.05, 0) is 87.6 Å². The van der Waals surface area contributed by atoms with Gasteiger partial charge in [0.2, 0.25) is 0 Å². The Hall–Kier alpha value is -2.16. The second kappa shape index (κ2) is 8.17. The third kappa shape index (κ3) is 3.68. The molecule has 0 radical (unpaired) electrons. The third-order valence-electron chi connectivity index (χ3n) is 6.05. The molecule has 0 saturated carbocycles. The molecule has 148 valence electrons. The largest absolute Gasteiger partial charge is 0.0807 e. The number of allylic oxidation sites excluding steroid dienone is 5. The molecule has 0 spiro atoms. The molecule has 0 amide bonds. The summed E-state index contributed by atoms with van der Waals surface area (Å²) in [4.78, 5) is 0. The summed E-state index contributed by atoms with van der Waals surface area (Å²) in [6.45, 7) is 2.32. The first kappa shape index (κ1) is 19.8. The summed E-state index contributed by atoms with van der Waals surface area (Å²) in [5, 5.41) is 0. The van der Waals surface area contributed by atoms with Gasteiger partial charge < -0.3 is 0 Å². The Morgan fingerprint density at radius 2 is 1.37 bits per heavy atom. The van der Waals surface area contributed by atoms with Crippen LogP contribution in [-0.4, -0.2) is 0 Å². The smallest absolute Gasteiger partial charge is 0.0175 e. The molecule has 0 fully saturated rings. The van der Waals surface area contributed by atoms with E-state index in [-0.39, 0.29) is 0 Å². The fourth-order valence-electron chi connectivity index (χ4n) is 4.60. The van der Waals surface area contributed by atoms with E-state index in [2.05, 4.69) is 124 Å². The maximum atomic E-state index is 3.60. The highest BCUT2D eigenvalue weighted by Gasteiger charge is 2.27.